The molecule has 0 fully saturated rings. The van der Waals surface area contributed by atoms with Crippen molar-refractivity contribution in [1.29, 1.82) is 0 Å². The number of carbonyl (C=O) groups is 1. The van der Waals surface area contributed by atoms with Crippen LogP contribution in [0.4, 0.5) is 13.2 Å². The number of amides is 1. The van der Waals surface area contributed by atoms with Crippen LogP contribution in [0.25, 0.3) is 10.2 Å². The van der Waals surface area contributed by atoms with E-state index in [1.165, 1.54) is 17.4 Å². The van der Waals surface area contributed by atoms with Crippen LogP contribution in [0.15, 0.2) is 18.2 Å². The summed E-state index contributed by atoms with van der Waals surface area (Å²) >= 11 is 1.34. The molecule has 0 saturated heterocycles. The molecule has 1 unspecified atom stereocenters. The summed E-state index contributed by atoms with van der Waals surface area (Å²) < 4.78 is 38.9. The number of carbonyl (C=O) groups excluding carboxylic acids is 1. The number of thiazole rings is 1. The van der Waals surface area contributed by atoms with Crippen LogP contribution in [-0.2, 0) is 17.4 Å². The summed E-state index contributed by atoms with van der Waals surface area (Å²) in [4.78, 5) is 18.1. The number of aromatic nitrogens is 1. The molecule has 3 nitrogen and oxygen atoms in total. The van der Waals surface area contributed by atoms with Crippen molar-refractivity contribution in [3.8, 4) is 0 Å². The van der Waals surface area contributed by atoms with Crippen LogP contribution in [0, 0.1) is 5.92 Å². The lowest BCUT2D eigenvalue weighted by atomic mass is 10.1. The Hall–Kier alpha value is -1.63. The number of aryl methyl sites for hydroxylation is 1. The van der Waals surface area contributed by atoms with E-state index in [2.05, 4.69) is 18.8 Å². The minimum absolute atomic E-state index is 0.0329. The Bertz CT molecular complexity index is 711. The predicted octanol–water partition coefficient (Wildman–Crippen LogP) is 4.75. The fourth-order valence-corrected chi connectivity index (χ4v) is 3.31. The van der Waals surface area contributed by atoms with Crippen LogP contribution in [0.2, 0.25) is 0 Å². The van der Waals surface area contributed by atoms with E-state index in [-0.39, 0.29) is 5.91 Å². The zero-order valence-corrected chi connectivity index (χ0v) is 14.8. The molecule has 0 bridgehead atoms. The van der Waals surface area contributed by atoms with Gasteiger partial charge in [0.1, 0.15) is 0 Å². The van der Waals surface area contributed by atoms with E-state index in [1.54, 1.807) is 11.9 Å². The molecule has 0 saturated carbocycles. The molecule has 0 aliphatic heterocycles. The molecule has 0 aliphatic rings. The summed E-state index contributed by atoms with van der Waals surface area (Å²) in [5.41, 5.74) is -0.360. The molecule has 0 aliphatic carbocycles. The molecule has 1 amide bonds. The van der Waals surface area contributed by atoms with Gasteiger partial charge in [-0.15, -0.1) is 11.3 Å². The van der Waals surface area contributed by atoms with Crippen LogP contribution >= 0.6 is 11.3 Å². The SMILES string of the molecule is CCC(C)CN(C)C(=O)CCc1nc2cc(C(F)(F)F)ccc2s1. The fraction of sp³-hybridized carbons (Fsp3) is 0.529. The Morgan fingerprint density at radius 3 is 2.71 bits per heavy atom. The molecule has 24 heavy (non-hydrogen) atoms. The highest BCUT2D eigenvalue weighted by atomic mass is 32.1. The molecular formula is C17H21F3N2OS. The van der Waals surface area contributed by atoms with Crippen molar-refractivity contribution >= 4 is 27.5 Å². The third-order valence-electron chi connectivity index (χ3n) is 4.02. The molecule has 7 heteroatoms. The number of benzene rings is 1. The third-order valence-corrected chi connectivity index (χ3v) is 5.12. The molecule has 0 radical (unpaired) electrons. The zero-order valence-electron chi connectivity index (χ0n) is 14.0. The summed E-state index contributed by atoms with van der Waals surface area (Å²) in [6, 6.07) is 3.57. The van der Waals surface area contributed by atoms with Gasteiger partial charge in [-0.2, -0.15) is 13.2 Å². The second-order valence-electron chi connectivity index (χ2n) is 6.08. The largest absolute Gasteiger partial charge is 0.416 e. The number of fused-ring (bicyclic) bond motifs is 1. The number of rotatable bonds is 6. The van der Waals surface area contributed by atoms with E-state index in [4.69, 9.17) is 0 Å². The van der Waals surface area contributed by atoms with Crippen molar-refractivity contribution in [3.63, 3.8) is 0 Å². The Kier molecular flexibility index (Phi) is 5.85. The van der Waals surface area contributed by atoms with E-state index in [9.17, 15) is 18.0 Å². The second-order valence-corrected chi connectivity index (χ2v) is 7.19. The van der Waals surface area contributed by atoms with Crippen molar-refractivity contribution in [2.24, 2.45) is 5.92 Å². The minimum atomic E-state index is -4.37. The van der Waals surface area contributed by atoms with Gasteiger partial charge >= 0.3 is 6.18 Å². The Morgan fingerprint density at radius 1 is 1.38 bits per heavy atom. The van der Waals surface area contributed by atoms with Gasteiger partial charge in [0, 0.05) is 26.4 Å². The molecule has 1 atom stereocenters. The van der Waals surface area contributed by atoms with Gasteiger partial charge in [-0.3, -0.25) is 4.79 Å². The van der Waals surface area contributed by atoms with Gasteiger partial charge in [0.2, 0.25) is 5.91 Å². The monoisotopic (exact) mass is 358 g/mol. The third kappa shape index (κ3) is 4.69. The van der Waals surface area contributed by atoms with Gasteiger partial charge in [-0.25, -0.2) is 4.98 Å². The molecule has 2 rings (SSSR count). The van der Waals surface area contributed by atoms with Gasteiger partial charge in [-0.1, -0.05) is 20.3 Å². The van der Waals surface area contributed by atoms with E-state index in [0.29, 0.717) is 40.5 Å². The molecule has 132 valence electrons. The van der Waals surface area contributed by atoms with E-state index >= 15 is 0 Å². The van der Waals surface area contributed by atoms with Crippen molar-refractivity contribution < 1.29 is 18.0 Å². The van der Waals surface area contributed by atoms with E-state index < -0.39 is 11.7 Å². The minimum Gasteiger partial charge on any atom is -0.345 e. The maximum Gasteiger partial charge on any atom is 0.416 e. The molecule has 0 spiro atoms. The zero-order chi connectivity index (χ0) is 17.9. The van der Waals surface area contributed by atoms with Gasteiger partial charge < -0.3 is 4.90 Å². The highest BCUT2D eigenvalue weighted by Crippen LogP contribution is 2.33. The Labute approximate surface area is 143 Å². The normalized spacial score (nSPS) is 13.2. The van der Waals surface area contributed by atoms with Gasteiger partial charge in [0.05, 0.1) is 20.8 Å². The van der Waals surface area contributed by atoms with Crippen molar-refractivity contribution in [2.45, 2.75) is 39.3 Å². The first-order chi connectivity index (χ1) is 11.2. The molecule has 0 N–H and O–H groups in total. The number of nitrogens with zero attached hydrogens (tertiary/aromatic N) is 2. The summed E-state index contributed by atoms with van der Waals surface area (Å²) in [5, 5.41) is 0.689. The summed E-state index contributed by atoms with van der Waals surface area (Å²) in [6.45, 7) is 4.89. The van der Waals surface area contributed by atoms with Crippen molar-refractivity contribution in [1.82, 2.24) is 9.88 Å². The van der Waals surface area contributed by atoms with Crippen LogP contribution < -0.4 is 0 Å². The molecule has 1 aromatic carbocycles. The Morgan fingerprint density at radius 2 is 2.08 bits per heavy atom. The molecule has 1 heterocycles. The first-order valence-corrected chi connectivity index (χ1v) is 8.73. The maximum absolute atomic E-state index is 12.7. The van der Waals surface area contributed by atoms with Crippen LogP contribution in [0.1, 0.15) is 37.3 Å². The fourth-order valence-electron chi connectivity index (χ4n) is 2.36. The highest BCUT2D eigenvalue weighted by Gasteiger charge is 2.30. The number of hydrogen-bond acceptors (Lipinski definition) is 3. The number of halogens is 3. The standard InChI is InChI=1S/C17H21F3N2OS/c1-4-11(2)10-22(3)16(23)8-7-15-21-13-9-12(17(18,19)20)5-6-14(13)24-15/h5-6,9,11H,4,7-8,10H2,1-3H3. The van der Waals surface area contributed by atoms with Crippen LogP contribution in [0.3, 0.4) is 0 Å². The summed E-state index contributed by atoms with van der Waals surface area (Å²) in [7, 11) is 1.78. The quantitative estimate of drug-likeness (QED) is 0.746. The smallest absolute Gasteiger partial charge is 0.345 e. The van der Waals surface area contributed by atoms with E-state index in [0.717, 1.165) is 18.6 Å². The average Bonchev–Trinajstić information content (AvgIpc) is 2.93. The first kappa shape index (κ1) is 18.7. The number of alkyl halides is 3. The van der Waals surface area contributed by atoms with Gasteiger partial charge in [-0.05, 0) is 24.1 Å². The molecule has 1 aromatic heterocycles. The first-order valence-electron chi connectivity index (χ1n) is 7.91. The van der Waals surface area contributed by atoms with Crippen molar-refractivity contribution in [3.05, 3.63) is 28.8 Å². The van der Waals surface area contributed by atoms with Crippen LogP contribution in [-0.4, -0.2) is 29.4 Å². The highest BCUT2D eigenvalue weighted by molar-refractivity contribution is 7.18. The van der Waals surface area contributed by atoms with Crippen LogP contribution in [0.5, 0.6) is 0 Å². The lowest BCUT2D eigenvalue weighted by molar-refractivity contribution is -0.137. The van der Waals surface area contributed by atoms with E-state index in [1.807, 2.05) is 0 Å². The lowest BCUT2D eigenvalue weighted by Gasteiger charge is -2.20. The average molecular weight is 358 g/mol. The molecular weight excluding hydrogens is 337 g/mol. The Balaban J connectivity index is 2.01. The van der Waals surface area contributed by atoms with Gasteiger partial charge in [0.25, 0.3) is 0 Å². The van der Waals surface area contributed by atoms with Gasteiger partial charge in [0.15, 0.2) is 0 Å². The van der Waals surface area contributed by atoms with Crippen molar-refractivity contribution in [2.75, 3.05) is 13.6 Å². The summed E-state index contributed by atoms with van der Waals surface area (Å²) in [5.74, 6) is 0.479. The number of hydrogen-bond donors (Lipinski definition) is 0. The topological polar surface area (TPSA) is 33.2 Å². The lowest BCUT2D eigenvalue weighted by Crippen LogP contribution is -2.31. The molecule has 2 aromatic rings. The maximum atomic E-state index is 12.7. The summed E-state index contributed by atoms with van der Waals surface area (Å²) in [6.07, 6.45) is -2.59. The second kappa shape index (κ2) is 7.51. The predicted molar refractivity (Wildman–Crippen MR) is 90.0 cm³/mol.